The molecule has 2 heterocycles. The van der Waals surface area contributed by atoms with Gasteiger partial charge in [0, 0.05) is 32.1 Å². The average Bonchev–Trinajstić information content (AvgIpc) is 2.55. The molecule has 1 N–H and O–H groups in total. The molecule has 2 fully saturated rings. The number of hydrogen-bond acceptors (Lipinski definition) is 4. The number of piperidine rings is 1. The number of nitrogens with zero attached hydrogens (tertiary/aromatic N) is 2. The minimum Gasteiger partial charge on any atom is -0.378 e. The van der Waals surface area contributed by atoms with E-state index in [0.29, 0.717) is 25.7 Å². The first-order chi connectivity index (χ1) is 10.2. The van der Waals surface area contributed by atoms with Gasteiger partial charge < -0.3 is 19.9 Å². The molecule has 2 aliphatic heterocycles. The van der Waals surface area contributed by atoms with Crippen molar-refractivity contribution in [3.63, 3.8) is 0 Å². The predicted octanol–water partition coefficient (Wildman–Crippen LogP) is 0.945. The minimum atomic E-state index is 0.263. The molecule has 2 saturated heterocycles. The molecule has 21 heavy (non-hydrogen) atoms. The topological polar surface area (TPSA) is 44.8 Å². The van der Waals surface area contributed by atoms with Gasteiger partial charge in [0.1, 0.15) is 0 Å². The number of carbonyl (C=O) groups is 1. The second kappa shape index (κ2) is 8.71. The lowest BCUT2D eigenvalue weighted by atomic mass is 9.90. The Morgan fingerprint density at radius 1 is 1.24 bits per heavy atom. The zero-order valence-corrected chi connectivity index (χ0v) is 13.6. The van der Waals surface area contributed by atoms with Gasteiger partial charge in [0.05, 0.1) is 13.2 Å². The molecule has 1 unspecified atom stereocenters. The lowest BCUT2D eigenvalue weighted by Crippen LogP contribution is -2.44. The Morgan fingerprint density at radius 3 is 2.52 bits per heavy atom. The van der Waals surface area contributed by atoms with Gasteiger partial charge in [0.2, 0.25) is 5.91 Å². The highest BCUT2D eigenvalue weighted by atomic mass is 16.5. The van der Waals surface area contributed by atoms with Crippen molar-refractivity contribution in [2.45, 2.75) is 39.2 Å². The number of likely N-dealkylation sites (tertiary alicyclic amines) is 1. The van der Waals surface area contributed by atoms with Gasteiger partial charge in [-0.3, -0.25) is 4.79 Å². The lowest BCUT2D eigenvalue weighted by molar-refractivity contribution is -0.135. The molecule has 2 aliphatic rings. The van der Waals surface area contributed by atoms with Gasteiger partial charge in [0.25, 0.3) is 0 Å². The lowest BCUT2D eigenvalue weighted by Gasteiger charge is -2.34. The van der Waals surface area contributed by atoms with Crippen LogP contribution in [0.5, 0.6) is 0 Å². The number of ether oxygens (including phenoxy) is 1. The van der Waals surface area contributed by atoms with Crippen LogP contribution in [0.1, 0.15) is 33.1 Å². The quantitative estimate of drug-likeness (QED) is 0.793. The van der Waals surface area contributed by atoms with Gasteiger partial charge >= 0.3 is 0 Å². The maximum Gasteiger partial charge on any atom is 0.224 e. The van der Waals surface area contributed by atoms with Crippen LogP contribution in [0.4, 0.5) is 0 Å². The summed E-state index contributed by atoms with van der Waals surface area (Å²) in [4.78, 5) is 16.5. The van der Waals surface area contributed by atoms with Crippen molar-refractivity contribution in [2.24, 2.45) is 5.92 Å². The number of hydrogen-bond donors (Lipinski definition) is 1. The van der Waals surface area contributed by atoms with E-state index in [4.69, 9.17) is 4.74 Å². The Labute approximate surface area is 129 Å². The molecule has 122 valence electrons. The second-order valence-corrected chi connectivity index (χ2v) is 6.26. The summed E-state index contributed by atoms with van der Waals surface area (Å²) in [6, 6.07) is 0.515. The third-order valence-electron chi connectivity index (χ3n) is 4.96. The number of rotatable bonds is 6. The summed E-state index contributed by atoms with van der Waals surface area (Å²) in [5, 5.41) is 3.56. The second-order valence-electron chi connectivity index (χ2n) is 6.26. The monoisotopic (exact) mass is 297 g/mol. The van der Waals surface area contributed by atoms with Crippen LogP contribution in [0.3, 0.4) is 0 Å². The van der Waals surface area contributed by atoms with Gasteiger partial charge in [-0.15, -0.1) is 0 Å². The summed E-state index contributed by atoms with van der Waals surface area (Å²) in [7, 11) is 0. The van der Waals surface area contributed by atoms with Gasteiger partial charge in [-0.25, -0.2) is 0 Å². The van der Waals surface area contributed by atoms with Crippen molar-refractivity contribution in [2.75, 3.05) is 52.5 Å². The first-order valence-corrected chi connectivity index (χ1v) is 8.52. The smallest absolute Gasteiger partial charge is 0.224 e. The highest BCUT2D eigenvalue weighted by Gasteiger charge is 2.23. The molecule has 5 heteroatoms. The summed E-state index contributed by atoms with van der Waals surface area (Å²) in [5.74, 6) is 1.02. The van der Waals surface area contributed by atoms with Crippen LogP contribution < -0.4 is 5.32 Å². The summed E-state index contributed by atoms with van der Waals surface area (Å²) >= 11 is 0. The van der Waals surface area contributed by atoms with Gasteiger partial charge in [-0.2, -0.15) is 0 Å². The number of nitrogens with one attached hydrogen (secondary N) is 1. The molecule has 2 rings (SSSR count). The van der Waals surface area contributed by atoms with Crippen molar-refractivity contribution in [3.05, 3.63) is 0 Å². The van der Waals surface area contributed by atoms with E-state index in [9.17, 15) is 4.79 Å². The number of carbonyl (C=O) groups excluding carboxylic acids is 1. The Balaban J connectivity index is 1.60. The molecule has 1 atom stereocenters. The molecule has 0 spiro atoms. The molecule has 1 amide bonds. The summed E-state index contributed by atoms with van der Waals surface area (Å²) < 4.78 is 5.28. The van der Waals surface area contributed by atoms with Gasteiger partial charge in [-0.1, -0.05) is 6.92 Å². The zero-order valence-electron chi connectivity index (χ0n) is 13.6. The van der Waals surface area contributed by atoms with Crippen molar-refractivity contribution < 1.29 is 9.53 Å². The van der Waals surface area contributed by atoms with Crippen molar-refractivity contribution in [1.82, 2.24) is 15.1 Å². The molecule has 0 aliphatic carbocycles. The fourth-order valence-electron chi connectivity index (χ4n) is 3.31. The van der Waals surface area contributed by atoms with Crippen molar-refractivity contribution in [1.29, 1.82) is 0 Å². The summed E-state index contributed by atoms with van der Waals surface area (Å²) in [6.07, 6.45) is 3.16. The molecule has 0 radical (unpaired) electrons. The van der Waals surface area contributed by atoms with Crippen LogP contribution in [-0.4, -0.2) is 74.2 Å². The zero-order chi connectivity index (χ0) is 15.1. The molecular weight excluding hydrogens is 266 g/mol. The van der Waals surface area contributed by atoms with E-state index in [1.54, 1.807) is 0 Å². The van der Waals surface area contributed by atoms with Crippen LogP contribution in [0, 0.1) is 5.92 Å². The minimum absolute atomic E-state index is 0.263. The fraction of sp³-hybridized carbons (Fsp3) is 0.938. The van der Waals surface area contributed by atoms with Crippen molar-refractivity contribution >= 4 is 5.91 Å². The molecule has 0 aromatic carbocycles. The maximum absolute atomic E-state index is 12.1. The molecule has 0 aromatic rings. The molecule has 5 nitrogen and oxygen atoms in total. The highest BCUT2D eigenvalue weighted by molar-refractivity contribution is 5.76. The van der Waals surface area contributed by atoms with Crippen LogP contribution in [0.2, 0.25) is 0 Å². The maximum atomic E-state index is 12.1. The van der Waals surface area contributed by atoms with E-state index >= 15 is 0 Å². The number of morpholine rings is 1. The Kier molecular flexibility index (Phi) is 6.93. The Bertz CT molecular complexity index is 311. The van der Waals surface area contributed by atoms with Gasteiger partial charge in [0.15, 0.2) is 0 Å². The molecule has 0 aromatic heterocycles. The van der Waals surface area contributed by atoms with E-state index in [2.05, 4.69) is 24.1 Å². The predicted molar refractivity (Wildman–Crippen MR) is 84.3 cm³/mol. The summed E-state index contributed by atoms with van der Waals surface area (Å²) in [6.45, 7) is 11.8. The normalized spacial score (nSPS) is 23.2. The summed E-state index contributed by atoms with van der Waals surface area (Å²) in [5.41, 5.74) is 0. The first kappa shape index (κ1) is 16.7. The first-order valence-electron chi connectivity index (χ1n) is 8.52. The standard InChI is InChI=1S/C16H31N3O2/c1-3-18-8-5-15(6-9-18)14(2)17-7-4-16(20)19-10-12-21-13-11-19/h14-15,17H,3-13H2,1-2H3. The van der Waals surface area contributed by atoms with Crippen LogP contribution in [-0.2, 0) is 9.53 Å². The fourth-order valence-corrected chi connectivity index (χ4v) is 3.31. The average molecular weight is 297 g/mol. The molecular formula is C16H31N3O2. The third-order valence-corrected chi connectivity index (χ3v) is 4.96. The van der Waals surface area contributed by atoms with E-state index in [1.807, 2.05) is 4.90 Å². The van der Waals surface area contributed by atoms with E-state index in [0.717, 1.165) is 25.6 Å². The van der Waals surface area contributed by atoms with E-state index in [-0.39, 0.29) is 5.91 Å². The van der Waals surface area contributed by atoms with Crippen LogP contribution in [0.15, 0.2) is 0 Å². The van der Waals surface area contributed by atoms with Gasteiger partial charge in [-0.05, 0) is 45.3 Å². The molecule has 0 saturated carbocycles. The Morgan fingerprint density at radius 2 is 1.90 bits per heavy atom. The largest absolute Gasteiger partial charge is 0.378 e. The third kappa shape index (κ3) is 5.24. The van der Waals surface area contributed by atoms with E-state index < -0.39 is 0 Å². The van der Waals surface area contributed by atoms with E-state index in [1.165, 1.54) is 32.5 Å². The van der Waals surface area contributed by atoms with Crippen LogP contribution in [0.25, 0.3) is 0 Å². The highest BCUT2D eigenvalue weighted by Crippen LogP contribution is 2.20. The van der Waals surface area contributed by atoms with Crippen molar-refractivity contribution in [3.8, 4) is 0 Å². The molecule has 0 bridgehead atoms. The van der Waals surface area contributed by atoms with Crippen LogP contribution >= 0.6 is 0 Å². The Hall–Kier alpha value is -0.650. The number of amides is 1. The SMILES string of the molecule is CCN1CCC(C(C)NCCC(=O)N2CCOCC2)CC1.